The van der Waals surface area contributed by atoms with Crippen LogP contribution in [0.15, 0.2) is 16.0 Å². The molecule has 1 N–H and O–H groups in total. The van der Waals surface area contributed by atoms with Crippen molar-refractivity contribution in [3.05, 3.63) is 17.5 Å². The zero-order valence-electron chi connectivity index (χ0n) is 8.56. The van der Waals surface area contributed by atoms with Gasteiger partial charge in [0.2, 0.25) is 0 Å². The zero-order chi connectivity index (χ0) is 11.3. The molecule has 15 heavy (non-hydrogen) atoms. The van der Waals surface area contributed by atoms with Crippen molar-refractivity contribution in [2.75, 3.05) is 5.75 Å². The van der Waals surface area contributed by atoms with Crippen LogP contribution in [0, 0.1) is 0 Å². The minimum absolute atomic E-state index is 0.364. The number of hydrogen-bond donors (Lipinski definition) is 1. The van der Waals surface area contributed by atoms with E-state index in [4.69, 9.17) is 5.11 Å². The maximum Gasteiger partial charge on any atom is 0.330 e. The molecule has 82 valence electrons. The Balaban J connectivity index is 2.44. The summed E-state index contributed by atoms with van der Waals surface area (Å²) in [5.74, 6) is 0.597. The molecule has 0 fully saturated rings. The molecule has 0 spiro atoms. The summed E-state index contributed by atoms with van der Waals surface area (Å²) >= 11 is 2.87. The van der Waals surface area contributed by atoms with Gasteiger partial charge in [-0.25, -0.2) is 9.78 Å². The van der Waals surface area contributed by atoms with Gasteiger partial charge in [-0.3, -0.25) is 0 Å². The molecular weight excluding hydrogens is 232 g/mol. The van der Waals surface area contributed by atoms with Crippen molar-refractivity contribution in [1.29, 1.82) is 0 Å². The number of thioether (sulfide) groups is 1. The second-order valence-corrected chi connectivity index (χ2v) is 4.85. The van der Waals surface area contributed by atoms with E-state index in [0.29, 0.717) is 11.3 Å². The largest absolute Gasteiger partial charge is 0.478 e. The molecule has 0 atom stereocenters. The molecule has 0 aliphatic carbocycles. The van der Waals surface area contributed by atoms with E-state index < -0.39 is 5.97 Å². The van der Waals surface area contributed by atoms with E-state index in [1.807, 2.05) is 6.92 Å². The SMILES string of the molecule is CCc1nsc(SCC=C(C)C(=O)O)n1. The molecule has 1 aromatic rings. The molecule has 0 aromatic carbocycles. The summed E-state index contributed by atoms with van der Waals surface area (Å²) in [4.78, 5) is 14.8. The molecule has 0 saturated carbocycles. The molecule has 0 bridgehead atoms. The number of rotatable bonds is 5. The first kappa shape index (κ1) is 12.2. The predicted molar refractivity (Wildman–Crippen MR) is 61.4 cm³/mol. The van der Waals surface area contributed by atoms with Gasteiger partial charge in [0.25, 0.3) is 0 Å². The summed E-state index contributed by atoms with van der Waals surface area (Å²) in [6, 6.07) is 0. The minimum Gasteiger partial charge on any atom is -0.478 e. The highest BCUT2D eigenvalue weighted by molar-refractivity contribution is 8.01. The number of aryl methyl sites for hydroxylation is 1. The third-order valence-electron chi connectivity index (χ3n) is 1.70. The van der Waals surface area contributed by atoms with Gasteiger partial charge < -0.3 is 5.11 Å². The van der Waals surface area contributed by atoms with Crippen molar-refractivity contribution in [2.24, 2.45) is 0 Å². The molecule has 0 aliphatic heterocycles. The standard InChI is InChI=1S/C9H12N2O2S2/c1-3-7-10-9(15-11-7)14-5-4-6(2)8(12)13/h4H,3,5H2,1-2H3,(H,12,13). The number of aromatic nitrogens is 2. The van der Waals surface area contributed by atoms with Gasteiger partial charge in [-0.1, -0.05) is 24.8 Å². The second kappa shape index (κ2) is 5.87. The minimum atomic E-state index is -0.873. The number of nitrogens with zero attached hydrogens (tertiary/aromatic N) is 2. The summed E-state index contributed by atoms with van der Waals surface area (Å²) in [6.07, 6.45) is 2.51. The lowest BCUT2D eigenvalue weighted by atomic mass is 10.3. The van der Waals surface area contributed by atoms with E-state index in [-0.39, 0.29) is 0 Å². The van der Waals surface area contributed by atoms with Gasteiger partial charge in [0.15, 0.2) is 4.34 Å². The normalized spacial score (nSPS) is 11.7. The predicted octanol–water partition coefficient (Wildman–Crippen LogP) is 2.22. The average molecular weight is 244 g/mol. The fourth-order valence-electron chi connectivity index (χ4n) is 0.765. The van der Waals surface area contributed by atoms with Gasteiger partial charge in [-0.15, -0.1) is 0 Å². The third kappa shape index (κ3) is 4.01. The van der Waals surface area contributed by atoms with Crippen molar-refractivity contribution in [3.63, 3.8) is 0 Å². The van der Waals surface area contributed by atoms with Gasteiger partial charge in [-0.05, 0) is 18.5 Å². The lowest BCUT2D eigenvalue weighted by Crippen LogP contribution is -1.96. The Morgan fingerprint density at radius 3 is 2.93 bits per heavy atom. The zero-order valence-corrected chi connectivity index (χ0v) is 10.2. The van der Waals surface area contributed by atoms with Crippen molar-refractivity contribution in [3.8, 4) is 0 Å². The van der Waals surface area contributed by atoms with Crippen LogP contribution in [-0.2, 0) is 11.2 Å². The van der Waals surface area contributed by atoms with Crippen LogP contribution in [-0.4, -0.2) is 26.2 Å². The van der Waals surface area contributed by atoms with Crippen LogP contribution in [0.25, 0.3) is 0 Å². The first-order valence-corrected chi connectivity index (χ1v) is 6.24. The average Bonchev–Trinajstić information content (AvgIpc) is 2.65. The molecule has 0 unspecified atom stereocenters. The Kier molecular flexibility index (Phi) is 4.77. The molecule has 4 nitrogen and oxygen atoms in total. The van der Waals surface area contributed by atoms with E-state index in [1.54, 1.807) is 13.0 Å². The molecule has 6 heteroatoms. The van der Waals surface area contributed by atoms with Gasteiger partial charge >= 0.3 is 5.97 Å². The van der Waals surface area contributed by atoms with E-state index in [2.05, 4.69) is 9.36 Å². The molecule has 0 amide bonds. The van der Waals surface area contributed by atoms with Gasteiger partial charge in [0.1, 0.15) is 5.82 Å². The van der Waals surface area contributed by atoms with Crippen LogP contribution in [0.3, 0.4) is 0 Å². The summed E-state index contributed by atoms with van der Waals surface area (Å²) in [6.45, 7) is 3.59. The molecular formula is C9H12N2O2S2. The Bertz CT molecular complexity index is 374. The van der Waals surface area contributed by atoms with Crippen molar-refractivity contribution in [2.45, 2.75) is 24.6 Å². The van der Waals surface area contributed by atoms with Gasteiger partial charge in [0, 0.05) is 17.7 Å². The van der Waals surface area contributed by atoms with Crippen molar-refractivity contribution >= 4 is 29.3 Å². The summed E-state index contributed by atoms with van der Waals surface area (Å²) in [5.41, 5.74) is 0.364. The number of aliphatic carboxylic acids is 1. The van der Waals surface area contributed by atoms with E-state index in [0.717, 1.165) is 16.6 Å². The Morgan fingerprint density at radius 1 is 1.67 bits per heavy atom. The maximum atomic E-state index is 10.5. The Morgan fingerprint density at radius 2 is 2.40 bits per heavy atom. The fourth-order valence-corrected chi connectivity index (χ4v) is 2.44. The molecule has 0 radical (unpaired) electrons. The monoisotopic (exact) mass is 244 g/mol. The fraction of sp³-hybridized carbons (Fsp3) is 0.444. The van der Waals surface area contributed by atoms with E-state index in [1.165, 1.54) is 23.3 Å². The topological polar surface area (TPSA) is 63.1 Å². The summed E-state index contributed by atoms with van der Waals surface area (Å²) in [5, 5.41) is 8.62. The molecule has 1 heterocycles. The first-order chi connectivity index (χ1) is 7.13. The quantitative estimate of drug-likeness (QED) is 0.635. The molecule has 1 rings (SSSR count). The summed E-state index contributed by atoms with van der Waals surface area (Å²) < 4.78 is 5.03. The van der Waals surface area contributed by atoms with Crippen LogP contribution >= 0.6 is 23.3 Å². The highest BCUT2D eigenvalue weighted by Gasteiger charge is 2.03. The van der Waals surface area contributed by atoms with Crippen LogP contribution in [0.1, 0.15) is 19.7 Å². The smallest absolute Gasteiger partial charge is 0.330 e. The molecule has 0 aliphatic rings. The van der Waals surface area contributed by atoms with Crippen LogP contribution < -0.4 is 0 Å². The third-order valence-corrected chi connectivity index (χ3v) is 3.50. The Hall–Kier alpha value is -0.880. The maximum absolute atomic E-state index is 10.5. The van der Waals surface area contributed by atoms with Gasteiger partial charge in [-0.2, -0.15) is 4.37 Å². The molecule has 1 aromatic heterocycles. The number of carbonyl (C=O) groups is 1. The number of carboxylic acids is 1. The number of hydrogen-bond acceptors (Lipinski definition) is 5. The summed E-state index contributed by atoms with van der Waals surface area (Å²) in [7, 11) is 0. The van der Waals surface area contributed by atoms with Gasteiger partial charge in [0.05, 0.1) is 0 Å². The van der Waals surface area contributed by atoms with E-state index >= 15 is 0 Å². The van der Waals surface area contributed by atoms with E-state index in [9.17, 15) is 4.79 Å². The second-order valence-electron chi connectivity index (χ2n) is 2.83. The molecule has 0 saturated heterocycles. The van der Waals surface area contributed by atoms with Crippen molar-refractivity contribution in [1.82, 2.24) is 9.36 Å². The first-order valence-electron chi connectivity index (χ1n) is 4.49. The number of carboxylic acid groups (broad SMARTS) is 1. The lowest BCUT2D eigenvalue weighted by molar-refractivity contribution is -0.132. The van der Waals surface area contributed by atoms with Crippen LogP contribution in [0.2, 0.25) is 0 Å². The van der Waals surface area contributed by atoms with Crippen molar-refractivity contribution < 1.29 is 9.90 Å². The Labute approximate surface area is 96.6 Å². The van der Waals surface area contributed by atoms with Crippen LogP contribution in [0.5, 0.6) is 0 Å². The highest BCUT2D eigenvalue weighted by Crippen LogP contribution is 2.20. The lowest BCUT2D eigenvalue weighted by Gasteiger charge is -1.92. The highest BCUT2D eigenvalue weighted by atomic mass is 32.2. The van der Waals surface area contributed by atoms with Crippen LogP contribution in [0.4, 0.5) is 0 Å².